The second-order valence-electron chi connectivity index (χ2n) is 6.49. The number of carbonyl (C=O) groups excluding carboxylic acids is 3. The molecular weight excluding hydrogens is 373 g/mol. The third kappa shape index (κ3) is 5.22. The third-order valence-corrected chi connectivity index (χ3v) is 4.39. The number of nitrogens with one attached hydrogen (secondary N) is 2. The molecule has 2 amide bonds. The smallest absolute Gasteiger partial charge is 0.254 e. The van der Waals surface area contributed by atoms with E-state index in [1.54, 1.807) is 24.4 Å². The number of amides is 2. The average molecular weight is 393 g/mol. The molecule has 0 unspecified atom stereocenters. The van der Waals surface area contributed by atoms with E-state index in [2.05, 4.69) is 15.6 Å². The molecule has 0 radical (unpaired) electrons. The zero-order chi connectivity index (χ0) is 20.6. The summed E-state index contributed by atoms with van der Waals surface area (Å²) in [5.41, 5.74) is 1.70. The summed E-state index contributed by atoms with van der Waals surface area (Å²) < 4.78 is 12.4. The zero-order valence-corrected chi connectivity index (χ0v) is 15.6. The average Bonchev–Trinajstić information content (AvgIpc) is 2.76. The maximum Gasteiger partial charge on any atom is 0.254 e. The Morgan fingerprint density at radius 3 is 2.48 bits per heavy atom. The van der Waals surface area contributed by atoms with E-state index in [1.807, 2.05) is 42.5 Å². The van der Waals surface area contributed by atoms with Crippen LogP contribution >= 0.6 is 0 Å². The van der Waals surface area contributed by atoms with E-state index in [0.29, 0.717) is 11.1 Å². The molecular formula is C22H20FN3O3. The molecule has 2 aromatic carbocycles. The van der Waals surface area contributed by atoms with Crippen molar-refractivity contribution < 1.29 is 18.8 Å². The minimum absolute atomic E-state index is 0.223. The summed E-state index contributed by atoms with van der Waals surface area (Å²) in [6.45, 7) is -1.58. The Morgan fingerprint density at radius 1 is 0.966 bits per heavy atom. The van der Waals surface area contributed by atoms with E-state index in [-0.39, 0.29) is 6.42 Å². The number of ketones is 1. The third-order valence-electron chi connectivity index (χ3n) is 4.39. The second-order valence-corrected chi connectivity index (χ2v) is 6.49. The lowest BCUT2D eigenvalue weighted by Gasteiger charge is -2.19. The fourth-order valence-electron chi connectivity index (χ4n) is 2.94. The number of hydrogen-bond donors (Lipinski definition) is 2. The molecule has 0 saturated heterocycles. The largest absolute Gasteiger partial charge is 0.347 e. The molecule has 6 nitrogen and oxygen atoms in total. The van der Waals surface area contributed by atoms with Gasteiger partial charge >= 0.3 is 0 Å². The lowest BCUT2D eigenvalue weighted by atomic mass is 10.0. The van der Waals surface area contributed by atoms with Crippen LogP contribution in [0.25, 0.3) is 10.9 Å². The van der Waals surface area contributed by atoms with Crippen LogP contribution in [0.2, 0.25) is 0 Å². The molecule has 1 aromatic heterocycles. The Kier molecular flexibility index (Phi) is 6.63. The fraction of sp³-hybridized carbons (Fsp3) is 0.182. The van der Waals surface area contributed by atoms with Gasteiger partial charge in [0.15, 0.2) is 5.78 Å². The van der Waals surface area contributed by atoms with Gasteiger partial charge < -0.3 is 10.6 Å². The maximum atomic E-state index is 12.9. The van der Waals surface area contributed by atoms with Crippen molar-refractivity contribution in [3.8, 4) is 0 Å². The van der Waals surface area contributed by atoms with Gasteiger partial charge in [0.1, 0.15) is 12.7 Å². The zero-order valence-electron chi connectivity index (χ0n) is 15.6. The number of fused-ring (bicyclic) bond motifs is 1. The van der Waals surface area contributed by atoms with Crippen molar-refractivity contribution in [2.75, 3.05) is 13.2 Å². The van der Waals surface area contributed by atoms with Gasteiger partial charge in [0.05, 0.1) is 17.6 Å². The summed E-state index contributed by atoms with van der Waals surface area (Å²) in [5, 5.41) is 5.91. The van der Waals surface area contributed by atoms with Crippen LogP contribution in [0.15, 0.2) is 66.9 Å². The molecule has 0 aliphatic heterocycles. The topological polar surface area (TPSA) is 88.2 Å². The number of hydrogen-bond acceptors (Lipinski definition) is 4. The van der Waals surface area contributed by atoms with Gasteiger partial charge in [-0.1, -0.05) is 48.5 Å². The van der Waals surface area contributed by atoms with Gasteiger partial charge in [-0.15, -0.1) is 0 Å². The van der Waals surface area contributed by atoms with Crippen LogP contribution < -0.4 is 10.6 Å². The highest BCUT2D eigenvalue weighted by Gasteiger charge is 2.23. The van der Waals surface area contributed by atoms with E-state index < -0.39 is 36.9 Å². The van der Waals surface area contributed by atoms with E-state index in [1.165, 1.54) is 0 Å². The summed E-state index contributed by atoms with van der Waals surface area (Å²) in [4.78, 5) is 40.9. The van der Waals surface area contributed by atoms with Crippen LogP contribution in [-0.2, 0) is 16.0 Å². The lowest BCUT2D eigenvalue weighted by Crippen LogP contribution is -2.49. The van der Waals surface area contributed by atoms with Gasteiger partial charge in [-0.2, -0.15) is 0 Å². The first-order valence-corrected chi connectivity index (χ1v) is 9.12. The highest BCUT2D eigenvalue weighted by atomic mass is 19.1. The van der Waals surface area contributed by atoms with Crippen LogP contribution in [0.4, 0.5) is 4.39 Å². The highest BCUT2D eigenvalue weighted by Crippen LogP contribution is 2.16. The van der Waals surface area contributed by atoms with Crippen molar-refractivity contribution in [1.29, 1.82) is 0 Å². The number of pyridine rings is 1. The van der Waals surface area contributed by atoms with Crippen LogP contribution in [0.5, 0.6) is 0 Å². The first kappa shape index (κ1) is 20.1. The summed E-state index contributed by atoms with van der Waals surface area (Å²) in [6.07, 6.45) is 1.82. The highest BCUT2D eigenvalue weighted by molar-refractivity contribution is 6.06. The molecule has 2 N–H and O–H groups in total. The molecule has 0 spiro atoms. The van der Waals surface area contributed by atoms with Crippen molar-refractivity contribution in [3.63, 3.8) is 0 Å². The number of halogens is 1. The normalized spacial score (nSPS) is 11.6. The first-order chi connectivity index (χ1) is 14.1. The Morgan fingerprint density at radius 2 is 1.72 bits per heavy atom. The molecule has 0 saturated carbocycles. The lowest BCUT2D eigenvalue weighted by molar-refractivity contribution is -0.126. The number of benzene rings is 2. The van der Waals surface area contributed by atoms with Crippen molar-refractivity contribution in [2.45, 2.75) is 12.5 Å². The molecule has 29 heavy (non-hydrogen) atoms. The molecule has 148 valence electrons. The van der Waals surface area contributed by atoms with Gasteiger partial charge in [0.25, 0.3) is 5.91 Å². The molecule has 0 aliphatic carbocycles. The van der Waals surface area contributed by atoms with E-state index in [0.717, 1.165) is 10.9 Å². The predicted molar refractivity (Wildman–Crippen MR) is 107 cm³/mol. The van der Waals surface area contributed by atoms with Crippen molar-refractivity contribution in [2.24, 2.45) is 0 Å². The number of aromatic nitrogens is 1. The van der Waals surface area contributed by atoms with Crippen LogP contribution in [-0.4, -0.2) is 41.8 Å². The van der Waals surface area contributed by atoms with Gasteiger partial charge in [-0.25, -0.2) is 4.39 Å². The molecule has 3 aromatic rings. The summed E-state index contributed by atoms with van der Waals surface area (Å²) in [7, 11) is 0. The Bertz CT molecular complexity index is 1020. The maximum absolute atomic E-state index is 12.9. The molecule has 0 aliphatic rings. The molecule has 3 rings (SSSR count). The Labute approximate surface area is 167 Å². The Balaban J connectivity index is 1.82. The summed E-state index contributed by atoms with van der Waals surface area (Å²) >= 11 is 0. The molecule has 1 atom stereocenters. The fourth-order valence-corrected chi connectivity index (χ4v) is 2.94. The summed E-state index contributed by atoms with van der Waals surface area (Å²) in [5.74, 6) is -1.75. The number of nitrogens with zero attached hydrogens (tertiary/aromatic N) is 1. The van der Waals surface area contributed by atoms with Crippen LogP contribution in [0, 0.1) is 0 Å². The minimum atomic E-state index is -1.16. The van der Waals surface area contributed by atoms with Crippen molar-refractivity contribution in [3.05, 3.63) is 78.0 Å². The number of alkyl halides is 1. The second kappa shape index (κ2) is 9.54. The molecule has 0 fully saturated rings. The van der Waals surface area contributed by atoms with Gasteiger partial charge in [-0.3, -0.25) is 19.4 Å². The van der Waals surface area contributed by atoms with Crippen LogP contribution in [0.3, 0.4) is 0 Å². The van der Waals surface area contributed by atoms with Crippen molar-refractivity contribution >= 4 is 28.5 Å². The predicted octanol–water partition coefficient (Wildman–Crippen LogP) is 2.23. The molecule has 1 heterocycles. The van der Waals surface area contributed by atoms with E-state index >= 15 is 0 Å². The van der Waals surface area contributed by atoms with Crippen molar-refractivity contribution in [1.82, 2.24) is 15.6 Å². The van der Waals surface area contributed by atoms with Crippen LogP contribution in [0.1, 0.15) is 15.9 Å². The summed E-state index contributed by atoms with van der Waals surface area (Å²) in [6, 6.07) is 17.1. The monoisotopic (exact) mass is 393 g/mol. The van der Waals surface area contributed by atoms with Gasteiger partial charge in [0, 0.05) is 18.0 Å². The van der Waals surface area contributed by atoms with Gasteiger partial charge in [-0.05, 0) is 17.7 Å². The Hall–Kier alpha value is -3.61. The number of Topliss-reactive ketones (excluding diaryl/α,β-unsaturated/α-hetero) is 1. The quantitative estimate of drug-likeness (QED) is 0.614. The number of para-hydroxylation sites is 1. The molecule has 0 bridgehead atoms. The number of rotatable bonds is 8. The first-order valence-electron chi connectivity index (χ1n) is 9.12. The number of carbonyl (C=O) groups is 3. The SMILES string of the molecule is O=C(CF)CNC(=O)[C@H](Cc1ccccc1)NC(=O)c1cccc2cccnc12. The van der Waals surface area contributed by atoms with E-state index in [9.17, 15) is 18.8 Å². The van der Waals surface area contributed by atoms with E-state index in [4.69, 9.17) is 0 Å². The minimum Gasteiger partial charge on any atom is -0.347 e. The molecule has 7 heteroatoms. The standard InChI is InChI=1S/C22H20FN3O3/c23-13-17(27)14-25-22(29)19(12-15-6-2-1-3-7-15)26-21(28)18-10-4-8-16-9-5-11-24-20(16)18/h1-11,19H,12-14H2,(H,25,29)(H,26,28)/t19-/m0/s1. The van der Waals surface area contributed by atoms with Gasteiger partial charge in [0.2, 0.25) is 5.91 Å².